The van der Waals surface area contributed by atoms with E-state index >= 15 is 0 Å². The average Bonchev–Trinajstić information content (AvgIpc) is 2.19. The minimum Gasteiger partial charge on any atom is -0.203 e. The lowest BCUT2D eigenvalue weighted by Crippen LogP contribution is -2.03. The van der Waals surface area contributed by atoms with E-state index in [1.165, 1.54) is 6.07 Å². The van der Waals surface area contributed by atoms with Gasteiger partial charge in [-0.1, -0.05) is 11.6 Å². The van der Waals surface area contributed by atoms with Crippen molar-refractivity contribution < 1.29 is 17.6 Å². The van der Waals surface area contributed by atoms with Crippen LogP contribution >= 0.6 is 11.6 Å². The van der Waals surface area contributed by atoms with Crippen molar-refractivity contribution >= 4 is 11.6 Å². The van der Waals surface area contributed by atoms with Crippen LogP contribution in [0.5, 0.6) is 0 Å². The van der Waals surface area contributed by atoms with Gasteiger partial charge in [0, 0.05) is 5.56 Å². The van der Waals surface area contributed by atoms with Crippen LogP contribution in [0.1, 0.15) is 5.56 Å². The Morgan fingerprint density at radius 1 is 1.00 bits per heavy atom. The van der Waals surface area contributed by atoms with E-state index in [0.29, 0.717) is 0 Å². The van der Waals surface area contributed by atoms with Gasteiger partial charge in [-0.25, -0.2) is 17.6 Å². The third-order valence-corrected chi connectivity index (χ3v) is 1.89. The normalized spacial score (nSPS) is 10.0. The molecule has 0 aliphatic heterocycles. The Labute approximate surface area is 81.5 Å². The quantitative estimate of drug-likeness (QED) is 0.408. The number of benzene rings is 1. The van der Waals surface area contributed by atoms with E-state index in [0.717, 1.165) is 0 Å². The third-order valence-electron chi connectivity index (χ3n) is 1.56. The highest BCUT2D eigenvalue weighted by Crippen LogP contribution is 2.27. The summed E-state index contributed by atoms with van der Waals surface area (Å²) in [6.07, 6.45) is -0.761. The van der Waals surface area contributed by atoms with Crippen molar-refractivity contribution in [2.24, 2.45) is 0 Å². The van der Waals surface area contributed by atoms with Crippen LogP contribution in [0.15, 0.2) is 0 Å². The first-order valence-corrected chi connectivity index (χ1v) is 3.75. The van der Waals surface area contributed by atoms with Crippen LogP contribution in [-0.2, 0) is 6.42 Å². The molecule has 0 unspecified atom stereocenters. The van der Waals surface area contributed by atoms with Gasteiger partial charge in [-0.3, -0.25) is 0 Å². The lowest BCUT2D eigenvalue weighted by atomic mass is 10.1. The fourth-order valence-corrected chi connectivity index (χ4v) is 1.05. The summed E-state index contributed by atoms with van der Waals surface area (Å²) < 4.78 is 51.2. The number of nitrogens with zero attached hydrogens (tertiary/aromatic N) is 1. The predicted molar refractivity (Wildman–Crippen MR) is 40.6 cm³/mol. The summed E-state index contributed by atoms with van der Waals surface area (Å²) in [4.78, 5) is 0. The molecule has 0 spiro atoms. The fraction of sp³-hybridized carbons (Fsp3) is 0.125. The van der Waals surface area contributed by atoms with Crippen LogP contribution in [0.2, 0.25) is 5.02 Å². The summed E-state index contributed by atoms with van der Waals surface area (Å²) in [5.74, 6) is -6.63. The Morgan fingerprint density at radius 3 is 1.79 bits per heavy atom. The Hall–Kier alpha value is -1.28. The molecule has 0 heterocycles. The Balaban J connectivity index is 3.53. The van der Waals surface area contributed by atoms with Crippen LogP contribution in [0.4, 0.5) is 17.6 Å². The largest absolute Gasteiger partial charge is 0.203 e. The van der Waals surface area contributed by atoms with Crippen molar-refractivity contribution in [3.63, 3.8) is 0 Å². The molecular weight excluding hydrogens is 222 g/mol. The molecule has 0 aromatic heterocycles. The second kappa shape index (κ2) is 3.84. The minimum absolute atomic E-state index is 0.761. The molecule has 1 aromatic rings. The van der Waals surface area contributed by atoms with Crippen molar-refractivity contribution in [2.75, 3.05) is 0 Å². The highest BCUT2D eigenvalue weighted by molar-refractivity contribution is 6.30. The molecule has 0 amide bonds. The summed E-state index contributed by atoms with van der Waals surface area (Å²) in [6.45, 7) is 0. The second-order valence-corrected chi connectivity index (χ2v) is 2.76. The van der Waals surface area contributed by atoms with Gasteiger partial charge in [0.15, 0.2) is 23.3 Å². The average molecular weight is 224 g/mol. The van der Waals surface area contributed by atoms with Crippen molar-refractivity contribution in [3.05, 3.63) is 33.9 Å². The van der Waals surface area contributed by atoms with Gasteiger partial charge in [-0.2, -0.15) is 5.26 Å². The Kier molecular flexibility index (Phi) is 2.96. The molecular formula is C8H2ClF4N. The molecule has 0 fully saturated rings. The molecule has 0 N–H and O–H groups in total. The summed E-state index contributed by atoms with van der Waals surface area (Å²) in [5, 5.41) is 6.91. The molecule has 6 heteroatoms. The number of hydrogen-bond donors (Lipinski definition) is 0. The number of nitriles is 1. The van der Waals surface area contributed by atoms with Crippen molar-refractivity contribution in [1.29, 1.82) is 5.26 Å². The summed E-state index contributed by atoms with van der Waals surface area (Å²) >= 11 is 4.95. The van der Waals surface area contributed by atoms with E-state index < -0.39 is 40.3 Å². The van der Waals surface area contributed by atoms with Crippen molar-refractivity contribution in [3.8, 4) is 6.07 Å². The van der Waals surface area contributed by atoms with Crippen LogP contribution < -0.4 is 0 Å². The minimum atomic E-state index is -1.68. The first kappa shape index (κ1) is 10.8. The zero-order chi connectivity index (χ0) is 10.9. The summed E-state index contributed by atoms with van der Waals surface area (Å²) in [7, 11) is 0. The lowest BCUT2D eigenvalue weighted by molar-refractivity contribution is 0.443. The number of halogens is 5. The first-order valence-electron chi connectivity index (χ1n) is 3.38. The molecule has 1 rings (SSSR count). The van der Waals surface area contributed by atoms with E-state index in [-0.39, 0.29) is 0 Å². The fourth-order valence-electron chi connectivity index (χ4n) is 0.885. The van der Waals surface area contributed by atoms with E-state index in [4.69, 9.17) is 16.9 Å². The van der Waals surface area contributed by atoms with Gasteiger partial charge in [0.1, 0.15) is 5.02 Å². The van der Waals surface area contributed by atoms with Crippen LogP contribution in [0.25, 0.3) is 0 Å². The van der Waals surface area contributed by atoms with E-state index in [9.17, 15) is 17.6 Å². The molecule has 0 radical (unpaired) electrons. The van der Waals surface area contributed by atoms with Crippen molar-refractivity contribution in [1.82, 2.24) is 0 Å². The highest BCUT2D eigenvalue weighted by Gasteiger charge is 2.23. The SMILES string of the molecule is N#CCc1c(F)c(F)c(Cl)c(F)c1F. The zero-order valence-corrected chi connectivity index (χ0v) is 7.30. The molecule has 0 atom stereocenters. The van der Waals surface area contributed by atoms with Gasteiger partial charge >= 0.3 is 0 Å². The van der Waals surface area contributed by atoms with Gasteiger partial charge < -0.3 is 0 Å². The maximum atomic E-state index is 12.9. The maximum Gasteiger partial charge on any atom is 0.180 e. The molecule has 0 aliphatic carbocycles. The predicted octanol–water partition coefficient (Wildman–Crippen LogP) is 2.96. The Morgan fingerprint density at radius 2 is 1.43 bits per heavy atom. The second-order valence-electron chi connectivity index (χ2n) is 2.38. The standard InChI is InChI=1S/C8H2ClF4N/c9-4-7(12)5(10)3(1-2-14)6(11)8(4)13/h1H2. The van der Waals surface area contributed by atoms with E-state index in [2.05, 4.69) is 0 Å². The highest BCUT2D eigenvalue weighted by atomic mass is 35.5. The monoisotopic (exact) mass is 223 g/mol. The molecule has 1 nitrogen and oxygen atoms in total. The zero-order valence-electron chi connectivity index (χ0n) is 6.54. The maximum absolute atomic E-state index is 12.9. The summed E-state index contributed by atoms with van der Waals surface area (Å²) in [6, 6.07) is 1.38. The van der Waals surface area contributed by atoms with Gasteiger partial charge in [-0.05, 0) is 0 Å². The molecule has 0 saturated heterocycles. The third kappa shape index (κ3) is 1.53. The van der Waals surface area contributed by atoms with Gasteiger partial charge in [0.2, 0.25) is 0 Å². The molecule has 0 bridgehead atoms. The molecule has 1 aromatic carbocycles. The smallest absolute Gasteiger partial charge is 0.180 e. The number of rotatable bonds is 1. The number of hydrogen-bond acceptors (Lipinski definition) is 1. The molecule has 14 heavy (non-hydrogen) atoms. The van der Waals surface area contributed by atoms with E-state index in [1.54, 1.807) is 0 Å². The van der Waals surface area contributed by atoms with Gasteiger partial charge in [-0.15, -0.1) is 0 Å². The van der Waals surface area contributed by atoms with Gasteiger partial charge in [0.25, 0.3) is 0 Å². The molecule has 0 saturated carbocycles. The van der Waals surface area contributed by atoms with Crippen LogP contribution in [-0.4, -0.2) is 0 Å². The van der Waals surface area contributed by atoms with Crippen LogP contribution in [0.3, 0.4) is 0 Å². The van der Waals surface area contributed by atoms with E-state index in [1.807, 2.05) is 0 Å². The summed E-state index contributed by atoms with van der Waals surface area (Å²) in [5.41, 5.74) is -0.952. The van der Waals surface area contributed by atoms with Crippen molar-refractivity contribution in [2.45, 2.75) is 6.42 Å². The lowest BCUT2D eigenvalue weighted by Gasteiger charge is -2.04. The molecule has 0 aliphatic rings. The first-order chi connectivity index (χ1) is 6.50. The molecule has 74 valence electrons. The topological polar surface area (TPSA) is 23.8 Å². The Bertz CT molecular complexity index is 395. The van der Waals surface area contributed by atoms with Gasteiger partial charge in [0.05, 0.1) is 12.5 Å². The van der Waals surface area contributed by atoms with Crippen LogP contribution in [0, 0.1) is 34.6 Å².